The number of nitrogens with one attached hydrogen (secondary N) is 1. The van der Waals surface area contributed by atoms with Gasteiger partial charge >= 0.3 is 0 Å². The van der Waals surface area contributed by atoms with Crippen LogP contribution in [0.2, 0.25) is 0 Å². The lowest BCUT2D eigenvalue weighted by Gasteiger charge is -2.35. The molecule has 6 rings (SSSR count). The summed E-state index contributed by atoms with van der Waals surface area (Å²) in [5, 5.41) is 7.54. The first-order valence-corrected chi connectivity index (χ1v) is 18.0. The molecule has 3 amide bonds. The lowest BCUT2D eigenvalue weighted by Crippen LogP contribution is -2.57. The lowest BCUT2D eigenvalue weighted by atomic mass is 9.84. The Bertz CT molecular complexity index is 1740. The highest BCUT2D eigenvalue weighted by molar-refractivity contribution is 6.36. The summed E-state index contributed by atoms with van der Waals surface area (Å²) in [5.41, 5.74) is 8.26. The van der Waals surface area contributed by atoms with Gasteiger partial charge in [-0.05, 0) is 72.8 Å². The van der Waals surface area contributed by atoms with E-state index in [1.165, 1.54) is 4.90 Å². The van der Waals surface area contributed by atoms with Crippen molar-refractivity contribution in [2.45, 2.75) is 103 Å². The molecule has 11 heteroatoms. The molecule has 0 bridgehead atoms. The van der Waals surface area contributed by atoms with Gasteiger partial charge in [0.05, 0.1) is 25.4 Å². The first-order valence-electron chi connectivity index (χ1n) is 18.0. The van der Waals surface area contributed by atoms with E-state index in [9.17, 15) is 24.0 Å². The summed E-state index contributed by atoms with van der Waals surface area (Å²) in [6.07, 6.45) is 3.28. The summed E-state index contributed by atoms with van der Waals surface area (Å²) < 4.78 is 5.55. The minimum absolute atomic E-state index is 0.0684. The predicted octanol–water partition coefficient (Wildman–Crippen LogP) is 4.54. The van der Waals surface area contributed by atoms with Gasteiger partial charge in [-0.3, -0.25) is 24.0 Å². The number of aryl methyl sites for hydroxylation is 2. The number of nitrogens with two attached hydrogens (primary N) is 1. The van der Waals surface area contributed by atoms with Crippen LogP contribution in [-0.4, -0.2) is 71.2 Å². The molecule has 6 atom stereocenters. The van der Waals surface area contributed by atoms with Crippen molar-refractivity contribution in [3.8, 4) is 5.75 Å². The highest BCUT2D eigenvalue weighted by Crippen LogP contribution is 2.48. The molecule has 272 valence electrons. The molecule has 0 radical (unpaired) electrons. The van der Waals surface area contributed by atoms with E-state index in [4.69, 9.17) is 15.3 Å². The summed E-state index contributed by atoms with van der Waals surface area (Å²) in [7, 11) is 1.63. The SMILES string of the molecule is COc1c(C)cc(C2=NO[C@]3(C2)C[C@@H](C(=O)C[C@@H](CC2CC2)C(=O)C(N)=O)N(C(=O)[C@@H](NC(=O)[C@@H]2CC2c2ccccc2)C(C)(C)C)C3)cc1C. The molecule has 3 N–H and O–H groups in total. The predicted molar refractivity (Wildman–Crippen MR) is 191 cm³/mol. The summed E-state index contributed by atoms with van der Waals surface area (Å²) in [6, 6.07) is 11.9. The monoisotopic (exact) mass is 698 g/mol. The molecule has 2 heterocycles. The number of rotatable bonds is 13. The van der Waals surface area contributed by atoms with Crippen LogP contribution in [-0.2, 0) is 28.8 Å². The number of oxime groups is 1. The molecule has 1 unspecified atom stereocenters. The highest BCUT2D eigenvalue weighted by atomic mass is 16.7. The van der Waals surface area contributed by atoms with E-state index in [2.05, 4.69) is 10.5 Å². The number of hydrogen-bond acceptors (Lipinski definition) is 8. The van der Waals surface area contributed by atoms with Crippen molar-refractivity contribution in [1.82, 2.24) is 10.2 Å². The number of amides is 3. The molecule has 2 saturated carbocycles. The van der Waals surface area contributed by atoms with Crippen LogP contribution < -0.4 is 15.8 Å². The molecule has 51 heavy (non-hydrogen) atoms. The molecule has 2 aromatic carbocycles. The molecule has 2 aliphatic heterocycles. The largest absolute Gasteiger partial charge is 0.496 e. The normalized spacial score (nSPS) is 25.1. The number of hydrogen-bond donors (Lipinski definition) is 2. The average Bonchev–Trinajstić information content (AvgIpc) is 4.00. The first kappa shape index (κ1) is 36.3. The van der Waals surface area contributed by atoms with Gasteiger partial charge in [0.15, 0.2) is 11.4 Å². The minimum atomic E-state index is -1.06. The minimum Gasteiger partial charge on any atom is -0.496 e. The highest BCUT2D eigenvalue weighted by Gasteiger charge is 2.56. The van der Waals surface area contributed by atoms with Crippen LogP contribution in [0.4, 0.5) is 0 Å². The van der Waals surface area contributed by atoms with Gasteiger partial charge in [0.25, 0.3) is 5.91 Å². The van der Waals surface area contributed by atoms with E-state index in [1.807, 2.05) is 77.1 Å². The summed E-state index contributed by atoms with van der Waals surface area (Å²) in [5.74, 6) is -2.69. The molecular formula is C40H50N4O7. The van der Waals surface area contributed by atoms with Crippen LogP contribution in [0.3, 0.4) is 0 Å². The topological polar surface area (TPSA) is 157 Å². The number of Topliss-reactive ketones (excluding diaryl/α,β-unsaturated/α-hetero) is 2. The third-order valence-corrected chi connectivity index (χ3v) is 11.0. The van der Waals surface area contributed by atoms with Gasteiger partial charge in [-0.15, -0.1) is 0 Å². The van der Waals surface area contributed by atoms with Crippen molar-refractivity contribution in [2.24, 2.45) is 34.1 Å². The van der Waals surface area contributed by atoms with Crippen molar-refractivity contribution in [1.29, 1.82) is 0 Å². The van der Waals surface area contributed by atoms with Gasteiger partial charge in [0, 0.05) is 36.7 Å². The van der Waals surface area contributed by atoms with Crippen LogP contribution in [0, 0.1) is 37.0 Å². The quantitative estimate of drug-likeness (QED) is 0.291. The Hall–Kier alpha value is -4.54. The third kappa shape index (κ3) is 7.72. The maximum atomic E-state index is 14.7. The van der Waals surface area contributed by atoms with Gasteiger partial charge in [-0.1, -0.05) is 69.1 Å². The van der Waals surface area contributed by atoms with Crippen molar-refractivity contribution in [2.75, 3.05) is 13.7 Å². The number of primary amides is 1. The molecule has 2 aromatic rings. The van der Waals surface area contributed by atoms with Crippen molar-refractivity contribution in [3.63, 3.8) is 0 Å². The van der Waals surface area contributed by atoms with Crippen molar-refractivity contribution in [3.05, 3.63) is 64.7 Å². The van der Waals surface area contributed by atoms with E-state index in [-0.39, 0.29) is 48.8 Å². The zero-order valence-corrected chi connectivity index (χ0v) is 30.5. The molecule has 1 saturated heterocycles. The van der Waals surface area contributed by atoms with Crippen molar-refractivity contribution >= 4 is 35.0 Å². The van der Waals surface area contributed by atoms with E-state index in [0.29, 0.717) is 25.0 Å². The lowest BCUT2D eigenvalue weighted by molar-refractivity contribution is -0.145. The fourth-order valence-corrected chi connectivity index (χ4v) is 8.01. The Morgan fingerprint density at radius 2 is 1.75 bits per heavy atom. The Morgan fingerprint density at radius 1 is 1.08 bits per heavy atom. The summed E-state index contributed by atoms with van der Waals surface area (Å²) in [4.78, 5) is 75.2. The Balaban J connectivity index is 1.26. The number of likely N-dealkylation sites (tertiary alicyclic amines) is 1. The number of carbonyl (C=O) groups is 5. The van der Waals surface area contributed by atoms with Crippen LogP contribution in [0.15, 0.2) is 47.6 Å². The Labute approximate surface area is 299 Å². The van der Waals surface area contributed by atoms with Crippen molar-refractivity contribution < 1.29 is 33.5 Å². The number of carbonyl (C=O) groups excluding carboxylic acids is 5. The second-order valence-electron chi connectivity index (χ2n) is 16.3. The second kappa shape index (κ2) is 13.9. The van der Waals surface area contributed by atoms with Gasteiger partial charge in [0.2, 0.25) is 17.6 Å². The van der Waals surface area contributed by atoms with Crippen LogP contribution in [0.25, 0.3) is 0 Å². The molecule has 4 aliphatic rings. The van der Waals surface area contributed by atoms with Gasteiger partial charge in [-0.2, -0.15) is 0 Å². The zero-order valence-electron chi connectivity index (χ0n) is 30.5. The average molecular weight is 699 g/mol. The number of nitrogens with zero attached hydrogens (tertiary/aromatic N) is 2. The van der Waals surface area contributed by atoms with E-state index in [0.717, 1.165) is 40.8 Å². The standard InChI is InChI=1S/C40H50N4O7/c1-22-14-26(15-23(2)34(22)50-6)30-19-40(51-43-30)20-31(32(45)17-27(16-24-12-13-24)33(46)36(41)47)44(21-40)38(49)35(39(3,4)5)42-37(48)29-18-28(29)25-10-8-7-9-11-25/h7-11,14-15,24,27-29,31,35H,12-13,16-21H2,1-6H3,(H2,41,47)(H,42,48)/t27-,28?,29-,31+,35-,40-/m1/s1. The number of methoxy groups -OCH3 is 1. The number of ether oxygens (including phenoxy) is 1. The fraction of sp³-hybridized carbons (Fsp3) is 0.550. The van der Waals surface area contributed by atoms with Gasteiger partial charge in [-0.25, -0.2) is 0 Å². The molecule has 0 aromatic heterocycles. The number of benzene rings is 2. The Kier molecular flexibility index (Phi) is 9.87. The van der Waals surface area contributed by atoms with Crippen LogP contribution >= 0.6 is 0 Å². The number of ketones is 2. The first-order chi connectivity index (χ1) is 24.1. The second-order valence-corrected chi connectivity index (χ2v) is 16.3. The fourth-order valence-electron chi connectivity index (χ4n) is 8.01. The van der Waals surface area contributed by atoms with Crippen LogP contribution in [0.5, 0.6) is 5.75 Å². The third-order valence-electron chi connectivity index (χ3n) is 11.0. The maximum absolute atomic E-state index is 14.7. The Morgan fingerprint density at radius 3 is 2.33 bits per heavy atom. The van der Waals surface area contributed by atoms with Crippen LogP contribution in [0.1, 0.15) is 93.9 Å². The van der Waals surface area contributed by atoms with E-state index >= 15 is 0 Å². The molecule has 3 fully saturated rings. The molecular weight excluding hydrogens is 648 g/mol. The maximum Gasteiger partial charge on any atom is 0.285 e. The summed E-state index contributed by atoms with van der Waals surface area (Å²) >= 11 is 0. The zero-order chi connectivity index (χ0) is 36.8. The van der Waals surface area contributed by atoms with Gasteiger partial charge in [0.1, 0.15) is 11.8 Å². The smallest absolute Gasteiger partial charge is 0.285 e. The molecule has 11 nitrogen and oxygen atoms in total. The van der Waals surface area contributed by atoms with E-state index < -0.39 is 46.6 Å². The van der Waals surface area contributed by atoms with Gasteiger partial charge < -0.3 is 25.5 Å². The molecule has 2 aliphatic carbocycles. The summed E-state index contributed by atoms with van der Waals surface area (Å²) in [6.45, 7) is 9.65. The molecule has 1 spiro atoms. The van der Waals surface area contributed by atoms with E-state index in [1.54, 1.807) is 7.11 Å².